The molecule has 7 heteroatoms. The van der Waals surface area contributed by atoms with E-state index in [1.165, 1.54) is 25.2 Å². The molecule has 1 aliphatic carbocycles. The molecular formula is C20H29NO5S. The van der Waals surface area contributed by atoms with Gasteiger partial charge in [-0.3, -0.25) is 9.59 Å². The molecule has 0 fully saturated rings. The van der Waals surface area contributed by atoms with E-state index >= 15 is 0 Å². The van der Waals surface area contributed by atoms with Gasteiger partial charge >= 0.3 is 11.9 Å². The lowest BCUT2D eigenvalue weighted by Gasteiger charge is -2.33. The fourth-order valence-corrected chi connectivity index (χ4v) is 4.67. The number of hydrogen-bond donors (Lipinski definition) is 1. The number of nitrogens with one attached hydrogen (secondary N) is 1. The summed E-state index contributed by atoms with van der Waals surface area (Å²) in [5, 5.41) is 3.25. The van der Waals surface area contributed by atoms with Crippen molar-refractivity contribution in [2.75, 3.05) is 11.9 Å². The van der Waals surface area contributed by atoms with Crippen LogP contribution in [0.4, 0.5) is 5.00 Å². The van der Waals surface area contributed by atoms with Crippen LogP contribution in [0.1, 0.15) is 68.8 Å². The highest BCUT2D eigenvalue weighted by molar-refractivity contribution is 7.17. The first-order valence-electron chi connectivity index (χ1n) is 9.34. The van der Waals surface area contributed by atoms with E-state index in [9.17, 15) is 14.4 Å². The Morgan fingerprint density at radius 1 is 1.30 bits per heavy atom. The first kappa shape index (κ1) is 21.4. The van der Waals surface area contributed by atoms with E-state index in [4.69, 9.17) is 9.47 Å². The largest absolute Gasteiger partial charge is 0.462 e. The van der Waals surface area contributed by atoms with Crippen LogP contribution >= 0.6 is 11.3 Å². The second-order valence-electron chi connectivity index (χ2n) is 7.98. The highest BCUT2D eigenvalue weighted by Crippen LogP contribution is 2.44. The average molecular weight is 396 g/mol. The number of thiophene rings is 1. The molecule has 6 nitrogen and oxygen atoms in total. The molecule has 0 radical (unpaired) electrons. The molecule has 150 valence electrons. The molecule has 1 amide bonds. The molecule has 1 N–H and O–H groups in total. The molecule has 2 unspecified atom stereocenters. The van der Waals surface area contributed by atoms with Crippen molar-refractivity contribution in [3.05, 3.63) is 16.0 Å². The smallest absolute Gasteiger partial charge is 0.341 e. The van der Waals surface area contributed by atoms with Crippen molar-refractivity contribution < 1.29 is 23.9 Å². The number of fused-ring (bicyclic) bond motifs is 1. The molecule has 1 aliphatic rings. The molecule has 0 bridgehead atoms. The maximum Gasteiger partial charge on any atom is 0.341 e. The summed E-state index contributed by atoms with van der Waals surface area (Å²) in [6.07, 6.45) is 1.73. The van der Waals surface area contributed by atoms with Gasteiger partial charge in [0.1, 0.15) is 5.00 Å². The van der Waals surface area contributed by atoms with Crippen LogP contribution in [0.5, 0.6) is 0 Å². The van der Waals surface area contributed by atoms with E-state index in [1.54, 1.807) is 6.92 Å². The van der Waals surface area contributed by atoms with Gasteiger partial charge in [-0.15, -0.1) is 11.3 Å². The lowest BCUT2D eigenvalue weighted by Crippen LogP contribution is -2.29. The first-order valence-corrected chi connectivity index (χ1v) is 10.2. The normalized spacial score (nSPS) is 17.6. The van der Waals surface area contributed by atoms with Crippen LogP contribution in [0.25, 0.3) is 0 Å². The second kappa shape index (κ2) is 8.42. The van der Waals surface area contributed by atoms with Crippen molar-refractivity contribution in [2.24, 2.45) is 11.3 Å². The van der Waals surface area contributed by atoms with E-state index < -0.39 is 23.9 Å². The Hall–Kier alpha value is -1.89. The fourth-order valence-electron chi connectivity index (χ4n) is 3.35. The topological polar surface area (TPSA) is 81.7 Å². The van der Waals surface area contributed by atoms with Gasteiger partial charge in [-0.1, -0.05) is 20.8 Å². The SMILES string of the molecule is CCOC(=O)c1c(NC(=O)C(C)OC(C)=O)sc2c1CCC(C(C)(C)C)C2. The second-order valence-corrected chi connectivity index (χ2v) is 9.08. The Labute approximate surface area is 164 Å². The van der Waals surface area contributed by atoms with Crippen LogP contribution in [-0.4, -0.2) is 30.6 Å². The summed E-state index contributed by atoms with van der Waals surface area (Å²) in [5.74, 6) is -0.884. The highest BCUT2D eigenvalue weighted by atomic mass is 32.1. The Balaban J connectivity index is 2.34. The van der Waals surface area contributed by atoms with Gasteiger partial charge in [-0.2, -0.15) is 0 Å². The molecule has 1 aromatic rings. The lowest BCUT2D eigenvalue weighted by molar-refractivity contribution is -0.150. The number of rotatable bonds is 5. The van der Waals surface area contributed by atoms with Gasteiger partial charge in [-0.05, 0) is 50.0 Å². The number of hydrogen-bond acceptors (Lipinski definition) is 6. The third kappa shape index (κ3) is 5.09. The molecule has 27 heavy (non-hydrogen) atoms. The quantitative estimate of drug-likeness (QED) is 0.763. The summed E-state index contributed by atoms with van der Waals surface area (Å²) in [6, 6.07) is 0. The molecule has 1 heterocycles. The van der Waals surface area contributed by atoms with Crippen LogP contribution < -0.4 is 5.32 Å². The van der Waals surface area contributed by atoms with Crippen LogP contribution in [0, 0.1) is 11.3 Å². The summed E-state index contributed by atoms with van der Waals surface area (Å²) in [6.45, 7) is 11.5. The number of amides is 1. The van der Waals surface area contributed by atoms with Crippen LogP contribution in [-0.2, 0) is 31.9 Å². The van der Waals surface area contributed by atoms with Crippen molar-refractivity contribution in [3.63, 3.8) is 0 Å². The van der Waals surface area contributed by atoms with Gasteiger partial charge in [0, 0.05) is 11.8 Å². The van der Waals surface area contributed by atoms with Crippen molar-refractivity contribution in [1.82, 2.24) is 0 Å². The summed E-state index contributed by atoms with van der Waals surface area (Å²) >= 11 is 1.43. The van der Waals surface area contributed by atoms with Gasteiger partial charge in [0.25, 0.3) is 5.91 Å². The molecule has 0 saturated carbocycles. The van der Waals surface area contributed by atoms with Crippen molar-refractivity contribution in [2.45, 2.75) is 66.9 Å². The zero-order valence-corrected chi connectivity index (χ0v) is 17.7. The van der Waals surface area contributed by atoms with Gasteiger partial charge in [0.2, 0.25) is 0 Å². The van der Waals surface area contributed by atoms with Gasteiger partial charge in [0.15, 0.2) is 6.10 Å². The summed E-state index contributed by atoms with van der Waals surface area (Å²) in [5.41, 5.74) is 1.61. The Kier molecular flexibility index (Phi) is 6.68. The summed E-state index contributed by atoms with van der Waals surface area (Å²) in [7, 11) is 0. The number of carbonyl (C=O) groups is 3. The van der Waals surface area contributed by atoms with E-state index in [2.05, 4.69) is 26.1 Å². The minimum Gasteiger partial charge on any atom is -0.462 e. The molecule has 0 saturated heterocycles. The molecule has 0 spiro atoms. The maximum absolute atomic E-state index is 12.6. The van der Waals surface area contributed by atoms with Crippen molar-refractivity contribution >= 4 is 34.2 Å². The Morgan fingerprint density at radius 2 is 1.96 bits per heavy atom. The van der Waals surface area contributed by atoms with Crippen LogP contribution in [0.15, 0.2) is 0 Å². The van der Waals surface area contributed by atoms with E-state index in [0.717, 1.165) is 29.7 Å². The third-order valence-corrected chi connectivity index (χ3v) is 6.09. The summed E-state index contributed by atoms with van der Waals surface area (Å²) in [4.78, 5) is 37.1. The highest BCUT2D eigenvalue weighted by Gasteiger charge is 2.34. The lowest BCUT2D eigenvalue weighted by atomic mass is 9.72. The Morgan fingerprint density at radius 3 is 2.52 bits per heavy atom. The average Bonchev–Trinajstić information content (AvgIpc) is 2.90. The first-order chi connectivity index (χ1) is 12.5. The zero-order chi connectivity index (χ0) is 20.4. The van der Waals surface area contributed by atoms with E-state index in [0.29, 0.717) is 16.5 Å². The predicted octanol–water partition coefficient (Wildman–Crippen LogP) is 3.97. The monoisotopic (exact) mass is 395 g/mol. The van der Waals surface area contributed by atoms with Crippen LogP contribution in [0.3, 0.4) is 0 Å². The minimum atomic E-state index is -0.931. The van der Waals surface area contributed by atoms with E-state index in [-0.39, 0.29) is 12.0 Å². The molecule has 2 rings (SSSR count). The third-order valence-electron chi connectivity index (χ3n) is 4.92. The maximum atomic E-state index is 12.6. The van der Waals surface area contributed by atoms with E-state index in [1.807, 2.05) is 0 Å². The van der Waals surface area contributed by atoms with Gasteiger partial charge in [0.05, 0.1) is 12.2 Å². The molecule has 0 aliphatic heterocycles. The minimum absolute atomic E-state index is 0.180. The standard InChI is InChI=1S/C20H29NO5S/c1-7-25-19(24)16-14-9-8-13(20(4,5)6)10-15(14)27-18(16)21-17(23)11(2)26-12(3)22/h11,13H,7-10H2,1-6H3,(H,21,23). The molecular weight excluding hydrogens is 366 g/mol. The number of esters is 2. The van der Waals surface area contributed by atoms with Crippen LogP contribution in [0.2, 0.25) is 0 Å². The van der Waals surface area contributed by atoms with Crippen molar-refractivity contribution in [1.29, 1.82) is 0 Å². The predicted molar refractivity (Wildman–Crippen MR) is 105 cm³/mol. The summed E-state index contributed by atoms with van der Waals surface area (Å²) < 4.78 is 10.2. The zero-order valence-electron chi connectivity index (χ0n) is 16.9. The van der Waals surface area contributed by atoms with Crippen molar-refractivity contribution in [3.8, 4) is 0 Å². The Bertz CT molecular complexity index is 731. The van der Waals surface area contributed by atoms with Gasteiger partial charge in [-0.25, -0.2) is 4.79 Å². The molecule has 1 aromatic heterocycles. The fraction of sp³-hybridized carbons (Fsp3) is 0.650. The number of carbonyl (C=O) groups excluding carboxylic acids is 3. The number of ether oxygens (including phenoxy) is 2. The number of anilines is 1. The van der Waals surface area contributed by atoms with Gasteiger partial charge < -0.3 is 14.8 Å². The molecule has 0 aromatic carbocycles. The molecule has 2 atom stereocenters.